The van der Waals surface area contributed by atoms with Crippen molar-refractivity contribution in [2.75, 3.05) is 13.1 Å². The third kappa shape index (κ3) is 3.99. The molecule has 10 heteroatoms. The van der Waals surface area contributed by atoms with Crippen LogP contribution in [-0.2, 0) is 20.9 Å². The minimum Gasteiger partial charge on any atom is -0.354 e. The number of carbonyl (C=O) groups excluding carboxylic acids is 3. The summed E-state index contributed by atoms with van der Waals surface area (Å²) < 4.78 is 1.30. The van der Waals surface area contributed by atoms with Crippen LogP contribution in [0.15, 0.2) is 34.0 Å². The van der Waals surface area contributed by atoms with Crippen molar-refractivity contribution in [3.8, 4) is 10.4 Å². The van der Waals surface area contributed by atoms with Gasteiger partial charge >= 0.3 is 0 Å². The second kappa shape index (κ2) is 8.26. The number of rotatable bonds is 7. The molecule has 8 nitrogen and oxygen atoms in total. The molecule has 1 N–H and O–H groups in total. The fourth-order valence-electron chi connectivity index (χ4n) is 3.24. The molecule has 4 rings (SSSR count). The van der Waals surface area contributed by atoms with Crippen molar-refractivity contribution in [2.24, 2.45) is 0 Å². The van der Waals surface area contributed by atoms with E-state index in [0.29, 0.717) is 29.7 Å². The van der Waals surface area contributed by atoms with E-state index in [0.717, 1.165) is 10.4 Å². The van der Waals surface area contributed by atoms with Gasteiger partial charge in [-0.15, -0.1) is 22.7 Å². The highest BCUT2D eigenvalue weighted by Gasteiger charge is 2.27. The van der Waals surface area contributed by atoms with Crippen molar-refractivity contribution < 1.29 is 14.4 Å². The van der Waals surface area contributed by atoms with Gasteiger partial charge in [0.2, 0.25) is 17.7 Å². The predicted octanol–water partition coefficient (Wildman–Crippen LogP) is 1.84. The molecule has 1 aliphatic heterocycles. The molecule has 29 heavy (non-hydrogen) atoms. The molecule has 0 unspecified atom stereocenters. The Morgan fingerprint density at radius 3 is 2.69 bits per heavy atom. The summed E-state index contributed by atoms with van der Waals surface area (Å²) >= 11 is 2.95. The van der Waals surface area contributed by atoms with E-state index < -0.39 is 0 Å². The number of nitrogens with zero attached hydrogens (tertiary/aromatic N) is 3. The summed E-state index contributed by atoms with van der Waals surface area (Å²) in [7, 11) is 0. The minimum absolute atomic E-state index is 0.136. The summed E-state index contributed by atoms with van der Waals surface area (Å²) in [5, 5.41) is 7.11. The standard InChI is InChI=1S/C19H18N4O4S2/c24-14(20-6-2-7-23-15(25)4-5-16(23)26)9-22-11-21-18-17(19(22)27)12(10-29-18)13-3-1-8-28-13/h1,3,8,10-11H,2,4-7,9H2,(H,20,24). The van der Waals surface area contributed by atoms with Gasteiger partial charge in [-0.05, 0) is 17.9 Å². The highest BCUT2D eigenvalue weighted by molar-refractivity contribution is 7.18. The molecule has 1 fully saturated rings. The van der Waals surface area contributed by atoms with Gasteiger partial charge in [-0.2, -0.15) is 0 Å². The van der Waals surface area contributed by atoms with E-state index in [1.807, 2.05) is 22.9 Å². The van der Waals surface area contributed by atoms with Crippen molar-refractivity contribution in [1.29, 1.82) is 0 Å². The maximum Gasteiger partial charge on any atom is 0.263 e. The fraction of sp³-hybridized carbons (Fsp3) is 0.316. The summed E-state index contributed by atoms with van der Waals surface area (Å²) in [4.78, 5) is 55.4. The van der Waals surface area contributed by atoms with E-state index in [4.69, 9.17) is 0 Å². The molecule has 4 heterocycles. The lowest BCUT2D eigenvalue weighted by Gasteiger charge is -2.13. The Kier molecular flexibility index (Phi) is 5.54. The minimum atomic E-state index is -0.319. The average Bonchev–Trinajstić information content (AvgIpc) is 3.43. The van der Waals surface area contributed by atoms with Crippen molar-refractivity contribution in [1.82, 2.24) is 19.8 Å². The van der Waals surface area contributed by atoms with Crippen LogP contribution in [0.25, 0.3) is 20.7 Å². The highest BCUT2D eigenvalue weighted by Crippen LogP contribution is 2.33. The van der Waals surface area contributed by atoms with Crippen LogP contribution in [0.1, 0.15) is 19.3 Å². The topological polar surface area (TPSA) is 101 Å². The number of aromatic nitrogens is 2. The number of thiophene rings is 2. The summed E-state index contributed by atoms with van der Waals surface area (Å²) in [5.74, 6) is -0.644. The molecule has 0 atom stereocenters. The molecule has 0 aromatic carbocycles. The van der Waals surface area contributed by atoms with E-state index in [9.17, 15) is 19.2 Å². The molecule has 3 amide bonds. The molecule has 3 aromatic heterocycles. The smallest absolute Gasteiger partial charge is 0.263 e. The Morgan fingerprint density at radius 2 is 1.97 bits per heavy atom. The number of fused-ring (bicyclic) bond motifs is 1. The van der Waals surface area contributed by atoms with E-state index in [1.165, 1.54) is 27.1 Å². The van der Waals surface area contributed by atoms with Crippen LogP contribution < -0.4 is 10.9 Å². The van der Waals surface area contributed by atoms with Crippen LogP contribution in [0.5, 0.6) is 0 Å². The van der Waals surface area contributed by atoms with Gasteiger partial charge in [-0.1, -0.05) is 6.07 Å². The van der Waals surface area contributed by atoms with E-state index >= 15 is 0 Å². The number of hydrogen-bond donors (Lipinski definition) is 1. The molecular formula is C19H18N4O4S2. The first kappa shape index (κ1) is 19.5. The Labute approximate surface area is 173 Å². The second-order valence-electron chi connectivity index (χ2n) is 6.63. The molecule has 3 aromatic rings. The third-order valence-electron chi connectivity index (χ3n) is 4.70. The van der Waals surface area contributed by atoms with Crippen molar-refractivity contribution in [2.45, 2.75) is 25.8 Å². The maximum absolute atomic E-state index is 12.9. The maximum atomic E-state index is 12.9. The van der Waals surface area contributed by atoms with E-state index in [2.05, 4.69) is 10.3 Å². The molecule has 150 valence electrons. The number of carbonyl (C=O) groups is 3. The van der Waals surface area contributed by atoms with Crippen molar-refractivity contribution in [3.05, 3.63) is 39.6 Å². The van der Waals surface area contributed by atoms with E-state index in [-0.39, 0.29) is 42.7 Å². The van der Waals surface area contributed by atoms with Crippen LogP contribution in [0, 0.1) is 0 Å². The number of hydrogen-bond acceptors (Lipinski definition) is 7. The van der Waals surface area contributed by atoms with Crippen molar-refractivity contribution >= 4 is 50.6 Å². The SMILES string of the molecule is O=C(Cn1cnc2scc(-c3cccs3)c2c1=O)NCCCN1C(=O)CCC1=O. The molecule has 1 aliphatic rings. The first-order valence-electron chi connectivity index (χ1n) is 9.15. The Morgan fingerprint density at radius 1 is 1.17 bits per heavy atom. The van der Waals surface area contributed by atoms with Crippen LogP contribution in [-0.4, -0.2) is 45.3 Å². The van der Waals surface area contributed by atoms with Crippen molar-refractivity contribution in [3.63, 3.8) is 0 Å². The third-order valence-corrected chi connectivity index (χ3v) is 6.49. The lowest BCUT2D eigenvalue weighted by molar-refractivity contribution is -0.138. The van der Waals surface area contributed by atoms with Gasteiger partial charge in [0.1, 0.15) is 11.4 Å². The number of nitrogens with one attached hydrogen (secondary N) is 1. The summed E-state index contributed by atoms with van der Waals surface area (Å²) in [6, 6.07) is 3.88. The predicted molar refractivity (Wildman–Crippen MR) is 111 cm³/mol. The number of imide groups is 1. The van der Waals surface area contributed by atoms with E-state index in [1.54, 1.807) is 11.3 Å². The molecule has 1 saturated heterocycles. The Bertz CT molecular complexity index is 1120. The first-order chi connectivity index (χ1) is 14.0. The molecule has 0 spiro atoms. The fourth-order valence-corrected chi connectivity index (χ4v) is 4.96. The zero-order chi connectivity index (χ0) is 20.4. The summed E-state index contributed by atoms with van der Waals surface area (Å²) in [5.41, 5.74) is 0.593. The van der Waals surface area contributed by atoms with Gasteiger partial charge in [0.05, 0.1) is 11.7 Å². The lowest BCUT2D eigenvalue weighted by Crippen LogP contribution is -2.35. The van der Waals surface area contributed by atoms with Crippen LogP contribution >= 0.6 is 22.7 Å². The van der Waals surface area contributed by atoms with Gasteiger partial charge in [0, 0.05) is 41.8 Å². The zero-order valence-corrected chi connectivity index (χ0v) is 17.1. The number of likely N-dealkylation sites (tertiary alicyclic amines) is 1. The Balaban J connectivity index is 1.39. The van der Waals surface area contributed by atoms with Gasteiger partial charge in [-0.25, -0.2) is 4.98 Å². The lowest BCUT2D eigenvalue weighted by atomic mass is 10.2. The van der Waals surface area contributed by atoms with Gasteiger partial charge in [0.25, 0.3) is 5.56 Å². The van der Waals surface area contributed by atoms with Crippen LogP contribution in [0.3, 0.4) is 0 Å². The quantitative estimate of drug-likeness (QED) is 0.455. The summed E-state index contributed by atoms with van der Waals surface area (Å²) in [6.07, 6.45) is 2.39. The molecule has 0 aliphatic carbocycles. The molecule has 0 bridgehead atoms. The molecule has 0 radical (unpaired) electrons. The second-order valence-corrected chi connectivity index (χ2v) is 8.43. The Hall–Kier alpha value is -2.85. The number of amides is 3. The van der Waals surface area contributed by atoms with Crippen LogP contribution in [0.2, 0.25) is 0 Å². The van der Waals surface area contributed by atoms with Crippen LogP contribution in [0.4, 0.5) is 0 Å². The van der Waals surface area contributed by atoms with Gasteiger partial charge < -0.3 is 5.32 Å². The first-order valence-corrected chi connectivity index (χ1v) is 10.9. The molecule has 0 saturated carbocycles. The largest absolute Gasteiger partial charge is 0.354 e. The highest BCUT2D eigenvalue weighted by atomic mass is 32.1. The molecular weight excluding hydrogens is 412 g/mol. The average molecular weight is 431 g/mol. The zero-order valence-electron chi connectivity index (χ0n) is 15.4. The van der Waals surface area contributed by atoms with Gasteiger partial charge in [0.15, 0.2) is 0 Å². The monoisotopic (exact) mass is 430 g/mol. The normalized spacial score (nSPS) is 14.1. The summed E-state index contributed by atoms with van der Waals surface area (Å²) in [6.45, 7) is 0.479. The van der Waals surface area contributed by atoms with Gasteiger partial charge in [-0.3, -0.25) is 28.6 Å².